The van der Waals surface area contributed by atoms with Crippen LogP contribution in [0.4, 0.5) is 5.69 Å². The standard InChI is InChI=1S/C23H20N2OS2/c1-16-5-4-6-17(13-16)14-27-15-22(26)24-19-11-9-18(10-12-19)23-25-20-7-2-3-8-21(20)28-23/h2-13H,14-15H2,1H3,(H,24,26). The summed E-state index contributed by atoms with van der Waals surface area (Å²) in [7, 11) is 0. The normalized spacial score (nSPS) is 10.9. The van der Waals surface area contributed by atoms with Crippen molar-refractivity contribution in [2.75, 3.05) is 11.1 Å². The first-order chi connectivity index (χ1) is 13.7. The Bertz CT molecular complexity index is 1070. The molecule has 3 nitrogen and oxygen atoms in total. The third-order valence-corrected chi connectivity index (χ3v) is 6.38. The van der Waals surface area contributed by atoms with Crippen LogP contribution in [0.3, 0.4) is 0 Å². The van der Waals surface area contributed by atoms with Gasteiger partial charge >= 0.3 is 0 Å². The van der Waals surface area contributed by atoms with Crippen molar-refractivity contribution in [1.29, 1.82) is 0 Å². The van der Waals surface area contributed by atoms with Crippen LogP contribution >= 0.6 is 23.1 Å². The molecule has 0 spiro atoms. The molecule has 1 amide bonds. The Morgan fingerprint density at radius 3 is 2.64 bits per heavy atom. The van der Waals surface area contributed by atoms with Crippen molar-refractivity contribution < 1.29 is 4.79 Å². The average molecular weight is 405 g/mol. The number of nitrogens with one attached hydrogen (secondary N) is 1. The van der Waals surface area contributed by atoms with Crippen LogP contribution in [0.25, 0.3) is 20.8 Å². The highest BCUT2D eigenvalue weighted by Gasteiger charge is 2.07. The Morgan fingerprint density at radius 1 is 1.04 bits per heavy atom. The summed E-state index contributed by atoms with van der Waals surface area (Å²) in [5.41, 5.74) is 5.39. The average Bonchev–Trinajstić information content (AvgIpc) is 3.13. The summed E-state index contributed by atoms with van der Waals surface area (Å²) >= 11 is 3.30. The summed E-state index contributed by atoms with van der Waals surface area (Å²) < 4.78 is 1.18. The van der Waals surface area contributed by atoms with E-state index in [1.54, 1.807) is 23.1 Å². The number of thiazole rings is 1. The Balaban J connectivity index is 1.33. The van der Waals surface area contributed by atoms with Crippen LogP contribution in [0.15, 0.2) is 72.8 Å². The van der Waals surface area contributed by atoms with Crippen LogP contribution in [-0.4, -0.2) is 16.6 Å². The van der Waals surface area contributed by atoms with E-state index in [-0.39, 0.29) is 5.91 Å². The van der Waals surface area contributed by atoms with Gasteiger partial charge in [-0.1, -0.05) is 42.0 Å². The van der Waals surface area contributed by atoms with E-state index in [1.807, 2.05) is 42.5 Å². The Kier molecular flexibility index (Phi) is 5.74. The van der Waals surface area contributed by atoms with Gasteiger partial charge in [0, 0.05) is 17.0 Å². The summed E-state index contributed by atoms with van der Waals surface area (Å²) in [5.74, 6) is 1.30. The molecule has 0 aliphatic heterocycles. The molecule has 0 radical (unpaired) electrons. The number of carbonyl (C=O) groups excluding carboxylic acids is 1. The van der Waals surface area contributed by atoms with Gasteiger partial charge in [0.05, 0.1) is 16.0 Å². The van der Waals surface area contributed by atoms with Gasteiger partial charge in [0.2, 0.25) is 5.91 Å². The predicted octanol–water partition coefficient (Wildman–Crippen LogP) is 6.14. The maximum Gasteiger partial charge on any atom is 0.234 e. The van der Waals surface area contributed by atoms with Crippen molar-refractivity contribution in [3.05, 3.63) is 83.9 Å². The van der Waals surface area contributed by atoms with Crippen molar-refractivity contribution in [1.82, 2.24) is 4.98 Å². The number of carbonyl (C=O) groups is 1. The number of fused-ring (bicyclic) bond motifs is 1. The van der Waals surface area contributed by atoms with Crippen LogP contribution in [0.2, 0.25) is 0 Å². The van der Waals surface area contributed by atoms with Gasteiger partial charge in [-0.25, -0.2) is 4.98 Å². The first-order valence-electron chi connectivity index (χ1n) is 9.06. The fraction of sp³-hybridized carbons (Fsp3) is 0.130. The van der Waals surface area contributed by atoms with Crippen LogP contribution in [0.1, 0.15) is 11.1 Å². The van der Waals surface area contributed by atoms with Gasteiger partial charge in [0.15, 0.2) is 0 Å². The molecule has 28 heavy (non-hydrogen) atoms. The molecule has 5 heteroatoms. The van der Waals surface area contributed by atoms with Crippen molar-refractivity contribution in [2.45, 2.75) is 12.7 Å². The van der Waals surface area contributed by atoms with Crippen LogP contribution in [0.5, 0.6) is 0 Å². The Hall–Kier alpha value is -2.63. The highest BCUT2D eigenvalue weighted by molar-refractivity contribution is 7.99. The van der Waals surface area contributed by atoms with Gasteiger partial charge in [-0.2, -0.15) is 0 Å². The lowest BCUT2D eigenvalue weighted by atomic mass is 10.2. The fourth-order valence-electron chi connectivity index (χ4n) is 2.95. The van der Waals surface area contributed by atoms with Gasteiger partial charge < -0.3 is 5.32 Å². The number of aromatic nitrogens is 1. The molecule has 4 rings (SSSR count). The van der Waals surface area contributed by atoms with Gasteiger partial charge in [0.1, 0.15) is 5.01 Å². The minimum Gasteiger partial charge on any atom is -0.325 e. The minimum absolute atomic E-state index is 0.0189. The zero-order chi connectivity index (χ0) is 19.3. The second kappa shape index (κ2) is 8.59. The third-order valence-electron chi connectivity index (χ3n) is 4.29. The van der Waals surface area contributed by atoms with E-state index in [9.17, 15) is 4.79 Å². The number of benzene rings is 3. The molecular formula is C23H20N2OS2. The number of para-hydroxylation sites is 1. The summed E-state index contributed by atoms with van der Waals surface area (Å²) in [5, 5.41) is 3.96. The number of aryl methyl sites for hydroxylation is 1. The summed E-state index contributed by atoms with van der Waals surface area (Å²) in [4.78, 5) is 16.9. The molecule has 1 aromatic heterocycles. The zero-order valence-corrected chi connectivity index (χ0v) is 17.1. The number of nitrogens with zero attached hydrogens (tertiary/aromatic N) is 1. The predicted molar refractivity (Wildman–Crippen MR) is 121 cm³/mol. The number of amides is 1. The molecule has 0 unspecified atom stereocenters. The summed E-state index contributed by atoms with van der Waals surface area (Å²) in [6, 6.07) is 24.4. The molecule has 1 heterocycles. The number of anilines is 1. The lowest BCUT2D eigenvalue weighted by molar-refractivity contribution is -0.113. The Labute approximate surface area is 172 Å². The van der Waals surface area contributed by atoms with Crippen LogP contribution in [0, 0.1) is 6.92 Å². The zero-order valence-electron chi connectivity index (χ0n) is 15.5. The van der Waals surface area contributed by atoms with E-state index in [1.165, 1.54) is 15.8 Å². The summed E-state index contributed by atoms with van der Waals surface area (Å²) in [6.07, 6.45) is 0. The SMILES string of the molecule is Cc1cccc(CSCC(=O)Nc2ccc(-c3nc4ccccc4s3)cc2)c1. The molecule has 4 aromatic rings. The highest BCUT2D eigenvalue weighted by atomic mass is 32.2. The lowest BCUT2D eigenvalue weighted by Gasteiger charge is -2.06. The summed E-state index contributed by atoms with van der Waals surface area (Å²) in [6.45, 7) is 2.08. The maximum atomic E-state index is 12.2. The van der Waals surface area contributed by atoms with Crippen LogP contribution < -0.4 is 5.32 Å². The first kappa shape index (κ1) is 18.7. The lowest BCUT2D eigenvalue weighted by Crippen LogP contribution is -2.14. The van der Waals surface area contributed by atoms with E-state index < -0.39 is 0 Å². The smallest absolute Gasteiger partial charge is 0.234 e. The van der Waals surface area contributed by atoms with Gasteiger partial charge in [-0.05, 0) is 48.9 Å². The molecule has 0 aliphatic carbocycles. The highest BCUT2D eigenvalue weighted by Crippen LogP contribution is 2.30. The van der Waals surface area contributed by atoms with Crippen molar-refractivity contribution in [3.8, 4) is 10.6 Å². The molecule has 3 aromatic carbocycles. The largest absolute Gasteiger partial charge is 0.325 e. The molecule has 1 N–H and O–H groups in total. The van der Waals surface area contributed by atoms with Crippen molar-refractivity contribution in [2.24, 2.45) is 0 Å². The van der Waals surface area contributed by atoms with Crippen molar-refractivity contribution in [3.63, 3.8) is 0 Å². The minimum atomic E-state index is 0.0189. The second-order valence-electron chi connectivity index (χ2n) is 6.59. The fourth-order valence-corrected chi connectivity index (χ4v) is 4.70. The molecule has 0 saturated heterocycles. The van der Waals surface area contributed by atoms with Gasteiger partial charge in [-0.3, -0.25) is 4.79 Å². The van der Waals surface area contributed by atoms with Crippen molar-refractivity contribution >= 4 is 44.9 Å². The molecule has 140 valence electrons. The Morgan fingerprint density at radius 2 is 1.86 bits per heavy atom. The van der Waals surface area contributed by atoms with E-state index in [4.69, 9.17) is 0 Å². The topological polar surface area (TPSA) is 42.0 Å². The van der Waals surface area contributed by atoms with Gasteiger partial charge in [0.25, 0.3) is 0 Å². The van der Waals surface area contributed by atoms with E-state index in [0.717, 1.165) is 27.5 Å². The molecule has 0 saturated carbocycles. The maximum absolute atomic E-state index is 12.2. The van der Waals surface area contributed by atoms with E-state index in [2.05, 4.69) is 47.6 Å². The molecule has 0 aliphatic rings. The number of rotatable bonds is 6. The van der Waals surface area contributed by atoms with E-state index in [0.29, 0.717) is 5.75 Å². The van der Waals surface area contributed by atoms with Gasteiger partial charge in [-0.15, -0.1) is 23.1 Å². The number of hydrogen-bond donors (Lipinski definition) is 1. The monoisotopic (exact) mass is 404 g/mol. The first-order valence-corrected chi connectivity index (χ1v) is 11.0. The molecule has 0 bridgehead atoms. The quantitative estimate of drug-likeness (QED) is 0.419. The molecule has 0 fully saturated rings. The molecule has 0 atom stereocenters. The van der Waals surface area contributed by atoms with Crippen LogP contribution in [-0.2, 0) is 10.5 Å². The molecular weight excluding hydrogens is 384 g/mol. The second-order valence-corrected chi connectivity index (χ2v) is 8.61. The number of thioether (sulfide) groups is 1. The number of hydrogen-bond acceptors (Lipinski definition) is 4. The third kappa shape index (κ3) is 4.61. The van der Waals surface area contributed by atoms with E-state index >= 15 is 0 Å².